The second-order valence-corrected chi connectivity index (χ2v) is 3.56. The lowest BCUT2D eigenvalue weighted by Gasteiger charge is -2.16. The average Bonchev–Trinajstić information content (AvgIpc) is 2.52. The van der Waals surface area contributed by atoms with E-state index < -0.39 is 0 Å². The standard InChI is InChI=1S/C10H19NO/c1-4-8(2)11-9-5-6-10(7-9)12-3/h4,8-11H,1,5-7H2,2-3H3. The second-order valence-electron chi connectivity index (χ2n) is 3.56. The van der Waals surface area contributed by atoms with Crippen LogP contribution < -0.4 is 5.32 Å². The van der Waals surface area contributed by atoms with Gasteiger partial charge in [-0.05, 0) is 26.2 Å². The largest absolute Gasteiger partial charge is 0.381 e. The van der Waals surface area contributed by atoms with Gasteiger partial charge < -0.3 is 10.1 Å². The molecule has 0 bridgehead atoms. The molecule has 1 rings (SSSR count). The highest BCUT2D eigenvalue weighted by Gasteiger charge is 2.24. The average molecular weight is 169 g/mol. The monoisotopic (exact) mass is 169 g/mol. The van der Waals surface area contributed by atoms with Crippen LogP contribution in [0.1, 0.15) is 26.2 Å². The van der Waals surface area contributed by atoms with Gasteiger partial charge in [-0.1, -0.05) is 6.08 Å². The van der Waals surface area contributed by atoms with Crippen molar-refractivity contribution < 1.29 is 4.74 Å². The van der Waals surface area contributed by atoms with Crippen LogP contribution in [-0.2, 0) is 4.74 Å². The summed E-state index contributed by atoms with van der Waals surface area (Å²) in [6.45, 7) is 5.88. The van der Waals surface area contributed by atoms with Crippen LogP contribution in [-0.4, -0.2) is 25.3 Å². The highest BCUT2D eigenvalue weighted by Crippen LogP contribution is 2.21. The molecule has 3 atom stereocenters. The number of hydrogen-bond acceptors (Lipinski definition) is 2. The van der Waals surface area contributed by atoms with Gasteiger partial charge >= 0.3 is 0 Å². The molecule has 2 nitrogen and oxygen atoms in total. The molecule has 0 amide bonds. The Bertz CT molecular complexity index is 147. The van der Waals surface area contributed by atoms with Crippen molar-refractivity contribution in [1.29, 1.82) is 0 Å². The normalized spacial score (nSPS) is 31.8. The second kappa shape index (κ2) is 4.63. The summed E-state index contributed by atoms with van der Waals surface area (Å²) in [6.07, 6.45) is 5.99. The van der Waals surface area contributed by atoms with Crippen molar-refractivity contribution in [2.24, 2.45) is 0 Å². The lowest BCUT2D eigenvalue weighted by molar-refractivity contribution is 0.107. The van der Waals surface area contributed by atoms with Crippen LogP contribution in [0.25, 0.3) is 0 Å². The van der Waals surface area contributed by atoms with E-state index in [1.807, 2.05) is 6.08 Å². The molecule has 0 aliphatic heterocycles. The minimum Gasteiger partial charge on any atom is -0.381 e. The summed E-state index contributed by atoms with van der Waals surface area (Å²) in [5.41, 5.74) is 0. The molecular formula is C10H19NO. The first-order valence-corrected chi connectivity index (χ1v) is 4.67. The minimum atomic E-state index is 0.422. The van der Waals surface area contributed by atoms with Crippen molar-refractivity contribution >= 4 is 0 Å². The van der Waals surface area contributed by atoms with Crippen molar-refractivity contribution in [2.75, 3.05) is 7.11 Å². The Morgan fingerprint density at radius 1 is 1.58 bits per heavy atom. The SMILES string of the molecule is C=CC(C)NC1CCC(OC)C1. The molecule has 0 saturated heterocycles. The molecule has 0 aromatic carbocycles. The van der Waals surface area contributed by atoms with E-state index in [1.54, 1.807) is 7.11 Å². The lowest BCUT2D eigenvalue weighted by Crippen LogP contribution is -2.33. The zero-order valence-corrected chi connectivity index (χ0v) is 8.05. The summed E-state index contributed by atoms with van der Waals surface area (Å²) < 4.78 is 5.29. The van der Waals surface area contributed by atoms with Crippen molar-refractivity contribution in [3.05, 3.63) is 12.7 Å². The van der Waals surface area contributed by atoms with Gasteiger partial charge in [-0.2, -0.15) is 0 Å². The maximum Gasteiger partial charge on any atom is 0.0586 e. The fourth-order valence-corrected chi connectivity index (χ4v) is 1.75. The summed E-state index contributed by atoms with van der Waals surface area (Å²) in [6, 6.07) is 1.05. The van der Waals surface area contributed by atoms with Gasteiger partial charge in [-0.3, -0.25) is 0 Å². The molecule has 1 aliphatic rings. The third-order valence-electron chi connectivity index (χ3n) is 2.57. The van der Waals surface area contributed by atoms with Crippen LogP contribution in [0.2, 0.25) is 0 Å². The first-order chi connectivity index (χ1) is 5.76. The quantitative estimate of drug-likeness (QED) is 0.647. The van der Waals surface area contributed by atoms with E-state index in [1.165, 1.54) is 12.8 Å². The summed E-state index contributed by atoms with van der Waals surface area (Å²) in [4.78, 5) is 0. The zero-order chi connectivity index (χ0) is 8.97. The molecule has 12 heavy (non-hydrogen) atoms. The van der Waals surface area contributed by atoms with Crippen molar-refractivity contribution in [1.82, 2.24) is 5.32 Å². The number of hydrogen-bond donors (Lipinski definition) is 1. The first-order valence-electron chi connectivity index (χ1n) is 4.67. The van der Waals surface area contributed by atoms with E-state index in [9.17, 15) is 0 Å². The highest BCUT2D eigenvalue weighted by atomic mass is 16.5. The molecule has 1 N–H and O–H groups in total. The van der Waals surface area contributed by atoms with E-state index >= 15 is 0 Å². The number of methoxy groups -OCH3 is 1. The van der Waals surface area contributed by atoms with E-state index in [4.69, 9.17) is 4.74 Å². The van der Waals surface area contributed by atoms with E-state index in [-0.39, 0.29) is 0 Å². The number of rotatable bonds is 4. The van der Waals surface area contributed by atoms with Crippen molar-refractivity contribution in [2.45, 2.75) is 44.4 Å². The van der Waals surface area contributed by atoms with Crippen molar-refractivity contribution in [3.8, 4) is 0 Å². The Labute approximate surface area is 75.0 Å². The van der Waals surface area contributed by atoms with Crippen LogP contribution in [0.3, 0.4) is 0 Å². The molecule has 2 heteroatoms. The topological polar surface area (TPSA) is 21.3 Å². The molecule has 1 fully saturated rings. The molecule has 0 aromatic rings. The van der Waals surface area contributed by atoms with Gasteiger partial charge in [0.25, 0.3) is 0 Å². The number of nitrogens with one attached hydrogen (secondary N) is 1. The Morgan fingerprint density at radius 2 is 2.33 bits per heavy atom. The predicted octanol–water partition coefficient (Wildman–Crippen LogP) is 1.72. The fourth-order valence-electron chi connectivity index (χ4n) is 1.75. The van der Waals surface area contributed by atoms with Gasteiger partial charge in [0.2, 0.25) is 0 Å². The van der Waals surface area contributed by atoms with Gasteiger partial charge in [-0.25, -0.2) is 0 Å². The van der Waals surface area contributed by atoms with E-state index in [0.717, 1.165) is 6.42 Å². The molecule has 0 radical (unpaired) electrons. The molecule has 0 heterocycles. The van der Waals surface area contributed by atoms with E-state index in [2.05, 4.69) is 18.8 Å². The molecule has 1 aliphatic carbocycles. The van der Waals surface area contributed by atoms with Gasteiger partial charge in [0.15, 0.2) is 0 Å². The number of ether oxygens (including phenoxy) is 1. The van der Waals surface area contributed by atoms with Gasteiger partial charge in [0.1, 0.15) is 0 Å². The summed E-state index contributed by atoms with van der Waals surface area (Å²) in [7, 11) is 1.80. The summed E-state index contributed by atoms with van der Waals surface area (Å²) >= 11 is 0. The zero-order valence-electron chi connectivity index (χ0n) is 8.05. The maximum absolute atomic E-state index is 5.29. The minimum absolute atomic E-state index is 0.422. The lowest BCUT2D eigenvalue weighted by atomic mass is 10.2. The Morgan fingerprint density at radius 3 is 2.83 bits per heavy atom. The van der Waals surface area contributed by atoms with Gasteiger partial charge in [0.05, 0.1) is 6.10 Å². The molecule has 3 unspecified atom stereocenters. The Balaban J connectivity index is 2.23. The third kappa shape index (κ3) is 2.61. The van der Waals surface area contributed by atoms with Crippen LogP contribution in [0.4, 0.5) is 0 Å². The first kappa shape index (κ1) is 9.75. The van der Waals surface area contributed by atoms with Crippen LogP contribution >= 0.6 is 0 Å². The Kier molecular flexibility index (Phi) is 3.76. The predicted molar refractivity (Wildman–Crippen MR) is 51.2 cm³/mol. The van der Waals surface area contributed by atoms with Gasteiger partial charge in [-0.15, -0.1) is 6.58 Å². The summed E-state index contributed by atoms with van der Waals surface area (Å²) in [5.74, 6) is 0. The smallest absolute Gasteiger partial charge is 0.0586 e. The fraction of sp³-hybridized carbons (Fsp3) is 0.800. The third-order valence-corrected chi connectivity index (χ3v) is 2.57. The molecule has 70 valence electrons. The van der Waals surface area contributed by atoms with Gasteiger partial charge in [0, 0.05) is 19.2 Å². The summed E-state index contributed by atoms with van der Waals surface area (Å²) in [5, 5.41) is 3.49. The molecule has 1 saturated carbocycles. The van der Waals surface area contributed by atoms with Crippen LogP contribution in [0.5, 0.6) is 0 Å². The van der Waals surface area contributed by atoms with Crippen molar-refractivity contribution in [3.63, 3.8) is 0 Å². The maximum atomic E-state index is 5.29. The Hall–Kier alpha value is -0.340. The molecule has 0 aromatic heterocycles. The van der Waals surface area contributed by atoms with Crippen LogP contribution in [0.15, 0.2) is 12.7 Å². The molecular weight excluding hydrogens is 150 g/mol. The highest BCUT2D eigenvalue weighted by molar-refractivity contribution is 4.88. The molecule has 0 spiro atoms. The van der Waals surface area contributed by atoms with Crippen LogP contribution in [0, 0.1) is 0 Å². The van der Waals surface area contributed by atoms with E-state index in [0.29, 0.717) is 18.2 Å².